The summed E-state index contributed by atoms with van der Waals surface area (Å²) in [6, 6.07) is 22.7. The van der Waals surface area contributed by atoms with Crippen LogP contribution in [0.4, 0.5) is 0 Å². The molecule has 130 valence electrons. The van der Waals surface area contributed by atoms with Crippen molar-refractivity contribution in [3.8, 4) is 22.8 Å². The topological polar surface area (TPSA) is 62.3 Å². The van der Waals surface area contributed by atoms with Crippen molar-refractivity contribution < 1.29 is 14.6 Å². The van der Waals surface area contributed by atoms with Crippen molar-refractivity contribution in [1.29, 1.82) is 0 Å². The number of nitrogens with one attached hydrogen (secondary N) is 1. The van der Waals surface area contributed by atoms with Crippen molar-refractivity contribution >= 4 is 22.8 Å². The van der Waals surface area contributed by atoms with E-state index < -0.39 is 0 Å². The number of ether oxygens (including phenoxy) is 1. The molecule has 0 radical (unpaired) electrons. The first-order valence-corrected chi connectivity index (χ1v) is 8.65. The molecule has 27 heavy (non-hydrogen) atoms. The summed E-state index contributed by atoms with van der Waals surface area (Å²) in [6.45, 7) is 0. The van der Waals surface area contributed by atoms with E-state index in [1.807, 2.05) is 54.6 Å². The molecular weight excluding hydrogens is 338 g/mol. The van der Waals surface area contributed by atoms with Gasteiger partial charge in [-0.3, -0.25) is 4.79 Å². The maximum atomic E-state index is 12.7. The number of para-hydroxylation sites is 2. The molecule has 0 unspecified atom stereocenters. The molecule has 2 heterocycles. The van der Waals surface area contributed by atoms with Gasteiger partial charge >= 0.3 is 0 Å². The van der Waals surface area contributed by atoms with E-state index in [-0.39, 0.29) is 23.0 Å². The maximum Gasteiger partial charge on any atom is 0.232 e. The highest BCUT2D eigenvalue weighted by Gasteiger charge is 2.30. The molecule has 5 rings (SSSR count). The predicted molar refractivity (Wildman–Crippen MR) is 105 cm³/mol. The molecule has 0 bridgehead atoms. The van der Waals surface area contributed by atoms with Gasteiger partial charge in [0.05, 0.1) is 11.3 Å². The summed E-state index contributed by atoms with van der Waals surface area (Å²) in [6.07, 6.45) is 1.75. The normalized spacial score (nSPS) is 14.5. The number of aromatic hydroxyl groups is 1. The van der Waals surface area contributed by atoms with Gasteiger partial charge in [-0.15, -0.1) is 0 Å². The number of hydrogen-bond donors (Lipinski definition) is 2. The third kappa shape index (κ3) is 2.42. The molecule has 0 aliphatic carbocycles. The van der Waals surface area contributed by atoms with Crippen LogP contribution in [0.25, 0.3) is 28.2 Å². The summed E-state index contributed by atoms with van der Waals surface area (Å²) in [5.74, 6) is 0.153. The number of H-pyrrole nitrogens is 1. The number of aromatic amines is 1. The van der Waals surface area contributed by atoms with Crippen molar-refractivity contribution in [2.75, 3.05) is 0 Å². The fraction of sp³-hybridized carbons (Fsp3) is 0. The standard InChI is InChI=1S/C23H15NO3/c25-19-12-6-10-16-22(26)20(27-23(16)19)13-17-15-9-4-5-11-18(15)24-21(17)14-7-2-1-3-8-14/h1-13,24-25H. The number of allylic oxidation sites excluding steroid dienone is 1. The lowest BCUT2D eigenvalue weighted by molar-refractivity contribution is 0.101. The van der Waals surface area contributed by atoms with Crippen LogP contribution in [-0.2, 0) is 0 Å². The maximum absolute atomic E-state index is 12.7. The molecule has 0 saturated heterocycles. The Morgan fingerprint density at radius 1 is 0.889 bits per heavy atom. The predicted octanol–water partition coefficient (Wildman–Crippen LogP) is 5.16. The summed E-state index contributed by atoms with van der Waals surface area (Å²) in [5.41, 5.74) is 4.18. The first-order chi connectivity index (χ1) is 13.2. The first-order valence-electron chi connectivity index (χ1n) is 8.65. The molecular formula is C23H15NO3. The van der Waals surface area contributed by atoms with Crippen molar-refractivity contribution in [1.82, 2.24) is 4.98 Å². The van der Waals surface area contributed by atoms with Crippen LogP contribution in [0.2, 0.25) is 0 Å². The van der Waals surface area contributed by atoms with Crippen LogP contribution in [0.1, 0.15) is 15.9 Å². The van der Waals surface area contributed by atoms with Crippen molar-refractivity contribution in [2.45, 2.75) is 0 Å². The van der Waals surface area contributed by atoms with Crippen LogP contribution >= 0.6 is 0 Å². The molecule has 0 spiro atoms. The third-order valence-electron chi connectivity index (χ3n) is 4.76. The van der Waals surface area contributed by atoms with Gasteiger partial charge in [-0.25, -0.2) is 0 Å². The summed E-state index contributed by atoms with van der Waals surface area (Å²) in [7, 11) is 0. The lowest BCUT2D eigenvalue weighted by atomic mass is 10.0. The van der Waals surface area contributed by atoms with Crippen LogP contribution in [0.5, 0.6) is 11.5 Å². The third-order valence-corrected chi connectivity index (χ3v) is 4.76. The summed E-state index contributed by atoms with van der Waals surface area (Å²) in [5, 5.41) is 11.0. The van der Waals surface area contributed by atoms with Crippen LogP contribution in [0.3, 0.4) is 0 Å². The number of hydrogen-bond acceptors (Lipinski definition) is 3. The Labute approximate surface area is 155 Å². The molecule has 4 nitrogen and oxygen atoms in total. The molecule has 1 aliphatic heterocycles. The van der Waals surface area contributed by atoms with E-state index in [1.165, 1.54) is 6.07 Å². The van der Waals surface area contributed by atoms with E-state index in [9.17, 15) is 9.90 Å². The summed E-state index contributed by atoms with van der Waals surface area (Å²) in [4.78, 5) is 16.2. The molecule has 4 aromatic rings. The van der Waals surface area contributed by atoms with E-state index in [4.69, 9.17) is 4.74 Å². The van der Waals surface area contributed by atoms with Gasteiger partial charge in [-0.2, -0.15) is 0 Å². The zero-order chi connectivity index (χ0) is 18.4. The lowest BCUT2D eigenvalue weighted by Crippen LogP contribution is -1.98. The molecule has 0 atom stereocenters. The largest absolute Gasteiger partial charge is 0.504 e. The number of fused-ring (bicyclic) bond motifs is 2. The molecule has 1 aromatic heterocycles. The number of phenolic OH excluding ortho intramolecular Hbond substituents is 1. The van der Waals surface area contributed by atoms with Gasteiger partial charge in [0, 0.05) is 16.5 Å². The van der Waals surface area contributed by atoms with E-state index in [2.05, 4.69) is 4.98 Å². The highest BCUT2D eigenvalue weighted by molar-refractivity contribution is 6.16. The van der Waals surface area contributed by atoms with Gasteiger partial charge in [0.1, 0.15) is 0 Å². The molecule has 0 amide bonds. The van der Waals surface area contributed by atoms with Crippen molar-refractivity contribution in [3.05, 3.63) is 89.7 Å². The van der Waals surface area contributed by atoms with Crippen LogP contribution in [0, 0.1) is 0 Å². The van der Waals surface area contributed by atoms with Gasteiger partial charge in [0.15, 0.2) is 17.3 Å². The fourth-order valence-corrected chi connectivity index (χ4v) is 3.47. The Balaban J connectivity index is 1.71. The molecule has 3 aromatic carbocycles. The molecule has 4 heteroatoms. The minimum absolute atomic E-state index is 0.0357. The number of aromatic nitrogens is 1. The number of carbonyl (C=O) groups excluding carboxylic acids is 1. The van der Waals surface area contributed by atoms with E-state index in [1.54, 1.807) is 18.2 Å². The highest BCUT2D eigenvalue weighted by atomic mass is 16.5. The second kappa shape index (κ2) is 5.88. The molecule has 2 N–H and O–H groups in total. The number of benzene rings is 3. The SMILES string of the molecule is O=C1C(=Cc2c(-c3ccccc3)[nH]c3ccccc23)Oc2c(O)cccc21. The molecule has 0 fully saturated rings. The Morgan fingerprint density at radius 2 is 1.67 bits per heavy atom. The lowest BCUT2D eigenvalue weighted by Gasteiger charge is -2.03. The average Bonchev–Trinajstić information content (AvgIpc) is 3.23. The minimum Gasteiger partial charge on any atom is -0.504 e. The highest BCUT2D eigenvalue weighted by Crippen LogP contribution is 2.40. The Morgan fingerprint density at radius 3 is 2.48 bits per heavy atom. The Bertz CT molecular complexity index is 1220. The number of rotatable bonds is 2. The molecule has 0 saturated carbocycles. The van der Waals surface area contributed by atoms with Crippen LogP contribution in [0.15, 0.2) is 78.6 Å². The number of ketones is 1. The first kappa shape index (κ1) is 15.5. The monoisotopic (exact) mass is 353 g/mol. The van der Waals surface area contributed by atoms with Gasteiger partial charge in [-0.05, 0) is 29.8 Å². The second-order valence-electron chi connectivity index (χ2n) is 6.42. The van der Waals surface area contributed by atoms with E-state index >= 15 is 0 Å². The average molecular weight is 353 g/mol. The zero-order valence-electron chi connectivity index (χ0n) is 14.3. The summed E-state index contributed by atoms with van der Waals surface area (Å²) < 4.78 is 5.71. The number of phenols is 1. The summed E-state index contributed by atoms with van der Waals surface area (Å²) >= 11 is 0. The van der Waals surface area contributed by atoms with Crippen molar-refractivity contribution in [3.63, 3.8) is 0 Å². The van der Waals surface area contributed by atoms with Crippen molar-refractivity contribution in [2.24, 2.45) is 0 Å². The zero-order valence-corrected chi connectivity index (χ0v) is 14.3. The van der Waals surface area contributed by atoms with E-state index in [0.717, 1.165) is 27.7 Å². The van der Waals surface area contributed by atoms with Gasteiger partial charge in [0.25, 0.3) is 0 Å². The minimum atomic E-state index is -0.231. The van der Waals surface area contributed by atoms with Gasteiger partial charge < -0.3 is 14.8 Å². The quantitative estimate of drug-likeness (QED) is 0.490. The number of carbonyl (C=O) groups is 1. The van der Waals surface area contributed by atoms with Crippen LogP contribution in [-0.4, -0.2) is 15.9 Å². The Kier molecular flexibility index (Phi) is 3.37. The number of Topliss-reactive ketones (excluding diaryl/α,β-unsaturated/α-hetero) is 1. The Hall–Kier alpha value is -3.79. The van der Waals surface area contributed by atoms with E-state index in [0.29, 0.717) is 5.56 Å². The van der Waals surface area contributed by atoms with Gasteiger partial charge in [-0.1, -0.05) is 54.6 Å². The van der Waals surface area contributed by atoms with Gasteiger partial charge in [0.2, 0.25) is 5.78 Å². The van der Waals surface area contributed by atoms with Crippen LogP contribution < -0.4 is 4.74 Å². The smallest absolute Gasteiger partial charge is 0.232 e. The second-order valence-corrected chi connectivity index (χ2v) is 6.42. The fourth-order valence-electron chi connectivity index (χ4n) is 3.47. The molecule has 1 aliphatic rings.